The van der Waals surface area contributed by atoms with E-state index in [4.69, 9.17) is 0 Å². The molecule has 1 aliphatic heterocycles. The Morgan fingerprint density at radius 1 is 0.969 bits per heavy atom. The van der Waals surface area contributed by atoms with Gasteiger partial charge in [-0.2, -0.15) is 0 Å². The van der Waals surface area contributed by atoms with Crippen molar-refractivity contribution < 1.29 is 4.79 Å². The van der Waals surface area contributed by atoms with Crippen LogP contribution in [-0.2, 0) is 4.79 Å². The second-order valence-electron chi connectivity index (χ2n) is 8.11. The van der Waals surface area contributed by atoms with Crippen molar-refractivity contribution in [1.29, 1.82) is 0 Å². The quantitative estimate of drug-likeness (QED) is 0.439. The maximum Gasteiger partial charge on any atom is 0.327 e. The zero-order chi connectivity index (χ0) is 21.8. The molecule has 1 aliphatic carbocycles. The fourth-order valence-corrected chi connectivity index (χ4v) is 5.79. The van der Waals surface area contributed by atoms with Crippen LogP contribution < -0.4 is 16.6 Å². The van der Waals surface area contributed by atoms with Crippen molar-refractivity contribution >= 4 is 33.8 Å². The lowest BCUT2D eigenvalue weighted by atomic mass is 9.73. The molecule has 0 saturated carbocycles. The highest BCUT2D eigenvalue weighted by atomic mass is 32.1. The molecule has 2 aliphatic rings. The molecule has 4 aromatic rings. The summed E-state index contributed by atoms with van der Waals surface area (Å²) in [6, 6.07) is 13.6. The number of H-pyrrole nitrogens is 2. The van der Waals surface area contributed by atoms with Crippen LogP contribution in [-0.4, -0.2) is 20.7 Å². The zero-order valence-electron chi connectivity index (χ0n) is 16.8. The average Bonchev–Trinajstić information content (AvgIpc) is 3.32. The van der Waals surface area contributed by atoms with E-state index in [-0.39, 0.29) is 11.7 Å². The first-order valence-electron chi connectivity index (χ1n) is 10.4. The van der Waals surface area contributed by atoms with Crippen molar-refractivity contribution in [3.8, 4) is 0 Å². The molecule has 4 heterocycles. The second-order valence-corrected chi connectivity index (χ2v) is 9.09. The number of allylic oxidation sites excluding steroid dienone is 2. The number of carbonyl (C=O) groups is 1. The minimum Gasteiger partial charge on any atom is -0.344 e. The van der Waals surface area contributed by atoms with Crippen LogP contribution in [0.2, 0.25) is 0 Å². The molecule has 3 N–H and O–H groups in total. The van der Waals surface area contributed by atoms with E-state index < -0.39 is 17.2 Å². The van der Waals surface area contributed by atoms with E-state index in [2.05, 4.69) is 20.3 Å². The number of Topliss-reactive ketones (excluding diaryl/α,β-unsaturated/α-hetero) is 1. The maximum atomic E-state index is 13.5. The monoisotopic (exact) mass is 442 g/mol. The van der Waals surface area contributed by atoms with Gasteiger partial charge in [0.2, 0.25) is 0 Å². The molecule has 32 heavy (non-hydrogen) atoms. The minimum absolute atomic E-state index is 0.0132. The van der Waals surface area contributed by atoms with Gasteiger partial charge in [-0.3, -0.25) is 24.5 Å². The summed E-state index contributed by atoms with van der Waals surface area (Å²) in [5, 5.41) is 6.11. The Labute approximate surface area is 185 Å². The summed E-state index contributed by atoms with van der Waals surface area (Å²) in [6.07, 6.45) is 2.72. The molecule has 7 nitrogen and oxygen atoms in total. The lowest BCUT2D eigenvalue weighted by Crippen LogP contribution is -2.37. The van der Waals surface area contributed by atoms with E-state index in [1.807, 2.05) is 47.8 Å². The number of hydrogen-bond donors (Lipinski definition) is 3. The minimum atomic E-state index is -0.591. The number of thiophene rings is 1. The Kier molecular flexibility index (Phi) is 4.22. The summed E-state index contributed by atoms with van der Waals surface area (Å²) >= 11 is 1.64. The first kappa shape index (κ1) is 18.9. The summed E-state index contributed by atoms with van der Waals surface area (Å²) in [5.41, 5.74) is 2.24. The highest BCUT2D eigenvalue weighted by molar-refractivity contribution is 7.10. The first-order valence-corrected chi connectivity index (χ1v) is 11.2. The molecule has 0 saturated heterocycles. The van der Waals surface area contributed by atoms with Gasteiger partial charge in [-0.15, -0.1) is 11.3 Å². The summed E-state index contributed by atoms with van der Waals surface area (Å²) in [5.74, 6) is -0.160. The van der Waals surface area contributed by atoms with Crippen LogP contribution in [0.3, 0.4) is 0 Å². The molecule has 1 aromatic carbocycles. The molecule has 0 unspecified atom stereocenters. The number of pyridine rings is 1. The predicted molar refractivity (Wildman–Crippen MR) is 123 cm³/mol. The number of aromatic nitrogens is 3. The first-order chi connectivity index (χ1) is 15.6. The van der Waals surface area contributed by atoms with Gasteiger partial charge >= 0.3 is 5.69 Å². The van der Waals surface area contributed by atoms with Gasteiger partial charge in [0.1, 0.15) is 5.82 Å². The smallest absolute Gasteiger partial charge is 0.327 e. The van der Waals surface area contributed by atoms with Gasteiger partial charge in [0.25, 0.3) is 5.56 Å². The van der Waals surface area contributed by atoms with Gasteiger partial charge in [-0.1, -0.05) is 24.3 Å². The van der Waals surface area contributed by atoms with Crippen molar-refractivity contribution in [2.24, 2.45) is 0 Å². The summed E-state index contributed by atoms with van der Waals surface area (Å²) in [6.45, 7) is 0. The highest BCUT2D eigenvalue weighted by Gasteiger charge is 2.40. The molecule has 0 radical (unpaired) electrons. The Bertz CT molecular complexity index is 1530. The van der Waals surface area contributed by atoms with Crippen LogP contribution in [0.1, 0.15) is 40.7 Å². The van der Waals surface area contributed by atoms with E-state index in [0.29, 0.717) is 29.8 Å². The largest absolute Gasteiger partial charge is 0.344 e. The molecule has 6 rings (SSSR count). The van der Waals surface area contributed by atoms with Gasteiger partial charge in [-0.25, -0.2) is 4.79 Å². The van der Waals surface area contributed by atoms with Crippen molar-refractivity contribution in [2.45, 2.75) is 24.7 Å². The Morgan fingerprint density at radius 2 is 1.84 bits per heavy atom. The molecular formula is C24H18N4O3S. The number of hydrogen-bond acceptors (Lipinski definition) is 6. The zero-order valence-corrected chi connectivity index (χ0v) is 17.7. The standard InChI is InChI=1S/C24H18N4O3S/c29-17-11-12(18-6-3-9-32-18)10-16-20(17)19(21-22(26-16)27-24(31)28-23(21)30)14-7-8-25-15-5-2-1-4-13(14)15/h1-9,12,19H,10-11H2,(H3,26,27,28,30,31)/t12-,19-/m1/s1. The lowest BCUT2D eigenvalue weighted by Gasteiger charge is -2.35. The third-order valence-electron chi connectivity index (χ3n) is 6.28. The third-order valence-corrected chi connectivity index (χ3v) is 7.31. The Balaban J connectivity index is 1.62. The lowest BCUT2D eigenvalue weighted by molar-refractivity contribution is -0.116. The highest BCUT2D eigenvalue weighted by Crippen LogP contribution is 2.47. The average molecular weight is 443 g/mol. The van der Waals surface area contributed by atoms with Gasteiger partial charge < -0.3 is 5.32 Å². The van der Waals surface area contributed by atoms with E-state index in [0.717, 1.165) is 27.0 Å². The molecular weight excluding hydrogens is 424 g/mol. The fraction of sp³-hybridized carbons (Fsp3) is 0.167. The number of anilines is 1. The number of aromatic amines is 2. The van der Waals surface area contributed by atoms with Gasteiger partial charge in [0, 0.05) is 46.0 Å². The van der Waals surface area contributed by atoms with Crippen LogP contribution in [0.15, 0.2) is 74.9 Å². The van der Waals surface area contributed by atoms with Crippen LogP contribution in [0, 0.1) is 0 Å². The van der Waals surface area contributed by atoms with Gasteiger partial charge in [0.05, 0.1) is 11.1 Å². The number of fused-ring (bicyclic) bond motifs is 2. The molecule has 2 atom stereocenters. The number of ketones is 1. The number of nitrogens with one attached hydrogen (secondary N) is 3. The maximum absolute atomic E-state index is 13.5. The number of nitrogens with zero attached hydrogens (tertiary/aromatic N) is 1. The molecule has 0 amide bonds. The van der Waals surface area contributed by atoms with Gasteiger partial charge in [-0.05, 0) is 35.6 Å². The van der Waals surface area contributed by atoms with Crippen molar-refractivity contribution in [2.75, 3.05) is 5.32 Å². The number of rotatable bonds is 2. The van der Waals surface area contributed by atoms with Crippen molar-refractivity contribution in [1.82, 2.24) is 15.0 Å². The summed E-state index contributed by atoms with van der Waals surface area (Å²) in [4.78, 5) is 49.2. The number of benzene rings is 1. The van der Waals surface area contributed by atoms with Crippen LogP contribution in [0.4, 0.5) is 5.82 Å². The number of carbonyl (C=O) groups excluding carboxylic acids is 1. The van der Waals surface area contributed by atoms with Crippen LogP contribution in [0.25, 0.3) is 10.9 Å². The number of para-hydroxylation sites is 1. The molecule has 0 bridgehead atoms. The molecule has 8 heteroatoms. The third kappa shape index (κ3) is 2.87. The molecule has 0 spiro atoms. The Morgan fingerprint density at radius 3 is 2.69 bits per heavy atom. The normalized spacial score (nSPS) is 20.1. The molecule has 0 fully saturated rings. The Hall–Kier alpha value is -3.78. The SMILES string of the molecule is O=C1C[C@H](c2cccs2)CC2=C1[C@@H](c1ccnc3ccccc13)c1c([nH]c(=O)[nH]c1=O)N2. The van der Waals surface area contributed by atoms with Crippen LogP contribution in [0.5, 0.6) is 0 Å². The van der Waals surface area contributed by atoms with Crippen LogP contribution >= 0.6 is 11.3 Å². The van der Waals surface area contributed by atoms with E-state index in [9.17, 15) is 14.4 Å². The van der Waals surface area contributed by atoms with E-state index >= 15 is 0 Å². The summed E-state index contributed by atoms with van der Waals surface area (Å²) < 4.78 is 0. The predicted octanol–water partition coefficient (Wildman–Crippen LogP) is 3.63. The van der Waals surface area contributed by atoms with Crippen molar-refractivity contribution in [3.05, 3.63) is 102 Å². The van der Waals surface area contributed by atoms with E-state index in [1.165, 1.54) is 0 Å². The van der Waals surface area contributed by atoms with Gasteiger partial charge in [0.15, 0.2) is 5.78 Å². The molecule has 3 aromatic heterocycles. The molecule has 158 valence electrons. The fourth-order valence-electron chi connectivity index (χ4n) is 4.95. The second kappa shape index (κ2) is 7.13. The van der Waals surface area contributed by atoms with Crippen molar-refractivity contribution in [3.63, 3.8) is 0 Å². The van der Waals surface area contributed by atoms with E-state index in [1.54, 1.807) is 17.5 Å². The topological polar surface area (TPSA) is 108 Å². The summed E-state index contributed by atoms with van der Waals surface area (Å²) in [7, 11) is 0.